The molecule has 0 aliphatic carbocycles. The highest BCUT2D eigenvalue weighted by Gasteiger charge is 2.14. The minimum Gasteiger partial charge on any atom is -0.395 e. The third kappa shape index (κ3) is 4.03. The number of carbonyl (C=O) groups is 1. The minimum absolute atomic E-state index is 0.0214. The Morgan fingerprint density at radius 3 is 2.71 bits per heavy atom. The van der Waals surface area contributed by atoms with E-state index in [2.05, 4.69) is 17.9 Å². The fourth-order valence-electron chi connectivity index (χ4n) is 1.21. The summed E-state index contributed by atoms with van der Waals surface area (Å²) in [5, 5.41) is 11.2. The lowest BCUT2D eigenvalue weighted by Crippen LogP contribution is -2.14. The molecule has 0 heterocycles. The molecule has 0 bridgehead atoms. The van der Waals surface area contributed by atoms with Gasteiger partial charge in [-0.2, -0.15) is 12.6 Å². The van der Waals surface area contributed by atoms with E-state index in [4.69, 9.17) is 5.11 Å². The Balaban J connectivity index is 2.97. The smallest absolute Gasteiger partial charge is 0.234 e. The largest absolute Gasteiger partial charge is 0.395 e. The van der Waals surface area contributed by atoms with E-state index in [1.807, 2.05) is 0 Å². The topological polar surface area (TPSA) is 83.5 Å². The number of nitrogens with one attached hydrogen (secondary N) is 1. The van der Waals surface area contributed by atoms with Crippen LogP contribution in [0.4, 0.5) is 5.69 Å². The quantitative estimate of drug-likeness (QED) is 0.676. The number of aliphatic hydroxyl groups excluding tert-OH is 1. The van der Waals surface area contributed by atoms with Gasteiger partial charge in [-0.15, -0.1) is 0 Å². The van der Waals surface area contributed by atoms with Crippen molar-refractivity contribution >= 4 is 34.1 Å². The number of aliphatic hydroxyl groups is 1. The summed E-state index contributed by atoms with van der Waals surface area (Å²) in [6.45, 7) is -0.435. The molecule has 17 heavy (non-hydrogen) atoms. The number of sulfone groups is 1. The lowest BCUT2D eigenvalue weighted by Gasteiger charge is -2.06. The van der Waals surface area contributed by atoms with Crippen LogP contribution in [0.3, 0.4) is 0 Å². The van der Waals surface area contributed by atoms with E-state index in [1.165, 1.54) is 18.2 Å². The van der Waals surface area contributed by atoms with E-state index in [-0.39, 0.29) is 22.3 Å². The van der Waals surface area contributed by atoms with Gasteiger partial charge in [0.15, 0.2) is 9.84 Å². The molecule has 0 aliphatic rings. The van der Waals surface area contributed by atoms with Crippen LogP contribution in [-0.2, 0) is 14.6 Å². The van der Waals surface area contributed by atoms with Gasteiger partial charge in [0, 0.05) is 5.69 Å². The molecular formula is C10H13NO4S2. The van der Waals surface area contributed by atoms with Crippen LogP contribution in [0, 0.1) is 0 Å². The van der Waals surface area contributed by atoms with E-state index in [1.54, 1.807) is 6.07 Å². The van der Waals surface area contributed by atoms with Gasteiger partial charge in [0.1, 0.15) is 0 Å². The third-order valence-electron chi connectivity index (χ3n) is 1.98. The monoisotopic (exact) mass is 275 g/mol. The number of anilines is 1. The van der Waals surface area contributed by atoms with E-state index in [9.17, 15) is 13.2 Å². The van der Waals surface area contributed by atoms with Gasteiger partial charge in [0.05, 0.1) is 23.0 Å². The lowest BCUT2D eigenvalue weighted by atomic mass is 10.3. The average Bonchev–Trinajstić information content (AvgIpc) is 2.29. The molecule has 1 aromatic rings. The standard InChI is InChI=1S/C10H13NO4S2/c12-4-5-17(14,15)9-3-1-2-8(6-9)11-10(13)7-16/h1-3,6,12,16H,4-5,7H2,(H,11,13). The molecule has 0 spiro atoms. The van der Waals surface area contributed by atoms with Gasteiger partial charge in [-0.05, 0) is 18.2 Å². The van der Waals surface area contributed by atoms with Gasteiger partial charge in [-0.3, -0.25) is 4.79 Å². The zero-order chi connectivity index (χ0) is 12.9. The molecule has 0 fully saturated rings. The van der Waals surface area contributed by atoms with Crippen LogP contribution in [0.1, 0.15) is 0 Å². The Morgan fingerprint density at radius 1 is 1.41 bits per heavy atom. The molecule has 1 rings (SSSR count). The van der Waals surface area contributed by atoms with Crippen molar-refractivity contribution in [3.63, 3.8) is 0 Å². The predicted octanol–water partition coefficient (Wildman–Crippen LogP) is 0.321. The van der Waals surface area contributed by atoms with E-state index in [0.717, 1.165) is 0 Å². The number of thiol groups is 1. The van der Waals surface area contributed by atoms with Gasteiger partial charge < -0.3 is 10.4 Å². The summed E-state index contributed by atoms with van der Waals surface area (Å²) in [5.74, 6) is -0.630. The Hall–Kier alpha value is -1.05. The molecule has 1 aromatic carbocycles. The van der Waals surface area contributed by atoms with Crippen LogP contribution < -0.4 is 5.32 Å². The number of hydrogen-bond donors (Lipinski definition) is 3. The molecule has 0 saturated carbocycles. The molecule has 5 nitrogen and oxygen atoms in total. The zero-order valence-corrected chi connectivity index (χ0v) is 10.7. The number of benzene rings is 1. The van der Waals surface area contributed by atoms with Crippen LogP contribution in [0.15, 0.2) is 29.2 Å². The Bertz CT molecular complexity index is 499. The molecular weight excluding hydrogens is 262 g/mol. The number of hydrogen-bond acceptors (Lipinski definition) is 5. The van der Waals surface area contributed by atoms with Crippen LogP contribution in [0.2, 0.25) is 0 Å². The second-order valence-electron chi connectivity index (χ2n) is 3.28. The summed E-state index contributed by atoms with van der Waals surface area (Å²) < 4.78 is 23.3. The van der Waals surface area contributed by atoms with E-state index < -0.39 is 16.4 Å². The van der Waals surface area contributed by atoms with Crippen LogP contribution in [0.25, 0.3) is 0 Å². The molecule has 0 atom stereocenters. The minimum atomic E-state index is -3.50. The summed E-state index contributed by atoms with van der Waals surface area (Å²) >= 11 is 3.80. The summed E-state index contributed by atoms with van der Waals surface area (Å²) in [4.78, 5) is 11.2. The zero-order valence-electron chi connectivity index (χ0n) is 8.96. The Labute approximate surface area is 105 Å². The van der Waals surface area contributed by atoms with Gasteiger partial charge in [-0.25, -0.2) is 8.42 Å². The maximum absolute atomic E-state index is 11.7. The SMILES string of the molecule is O=C(CS)Nc1cccc(S(=O)(=O)CCO)c1. The fourth-order valence-corrected chi connectivity index (χ4v) is 2.35. The van der Waals surface area contributed by atoms with Crippen LogP contribution in [-0.4, -0.2) is 37.5 Å². The first-order valence-corrected chi connectivity index (χ1v) is 7.12. The highest BCUT2D eigenvalue weighted by molar-refractivity contribution is 7.91. The normalized spacial score (nSPS) is 11.2. The molecule has 0 unspecified atom stereocenters. The second kappa shape index (κ2) is 6.04. The van der Waals surface area contributed by atoms with E-state index in [0.29, 0.717) is 5.69 Å². The number of rotatable bonds is 5. The van der Waals surface area contributed by atoms with Crippen molar-refractivity contribution in [2.45, 2.75) is 4.90 Å². The summed E-state index contributed by atoms with van der Waals surface area (Å²) in [6.07, 6.45) is 0. The van der Waals surface area contributed by atoms with Gasteiger partial charge >= 0.3 is 0 Å². The lowest BCUT2D eigenvalue weighted by molar-refractivity contribution is -0.113. The number of carbonyl (C=O) groups excluding carboxylic acids is 1. The molecule has 0 aliphatic heterocycles. The van der Waals surface area contributed by atoms with Crippen molar-refractivity contribution in [1.29, 1.82) is 0 Å². The maximum atomic E-state index is 11.7. The first-order valence-electron chi connectivity index (χ1n) is 4.84. The number of amides is 1. The van der Waals surface area contributed by atoms with E-state index >= 15 is 0 Å². The summed E-state index contributed by atoms with van der Waals surface area (Å²) in [7, 11) is -3.50. The highest BCUT2D eigenvalue weighted by Crippen LogP contribution is 2.16. The van der Waals surface area contributed by atoms with Gasteiger partial charge in [-0.1, -0.05) is 6.07 Å². The van der Waals surface area contributed by atoms with Crippen molar-refractivity contribution in [2.75, 3.05) is 23.4 Å². The summed E-state index contributed by atoms with van der Waals surface area (Å²) in [6, 6.07) is 5.88. The first kappa shape index (κ1) is 14.0. The molecule has 0 radical (unpaired) electrons. The van der Waals surface area contributed by atoms with Crippen LogP contribution >= 0.6 is 12.6 Å². The van der Waals surface area contributed by atoms with Crippen LogP contribution in [0.5, 0.6) is 0 Å². The second-order valence-corrected chi connectivity index (χ2v) is 5.70. The molecule has 0 aromatic heterocycles. The van der Waals surface area contributed by atoms with Crippen molar-refractivity contribution in [1.82, 2.24) is 0 Å². The molecule has 0 saturated heterocycles. The molecule has 7 heteroatoms. The first-order chi connectivity index (χ1) is 7.99. The van der Waals surface area contributed by atoms with Gasteiger partial charge in [0.2, 0.25) is 5.91 Å². The maximum Gasteiger partial charge on any atom is 0.234 e. The third-order valence-corrected chi connectivity index (χ3v) is 3.96. The molecule has 2 N–H and O–H groups in total. The fraction of sp³-hybridized carbons (Fsp3) is 0.300. The Kier molecular flexibility index (Phi) is 4.98. The van der Waals surface area contributed by atoms with Gasteiger partial charge in [0.25, 0.3) is 0 Å². The molecule has 1 amide bonds. The molecule has 94 valence electrons. The Morgan fingerprint density at radius 2 is 2.12 bits per heavy atom. The van der Waals surface area contributed by atoms with Crippen molar-refractivity contribution in [3.8, 4) is 0 Å². The van der Waals surface area contributed by atoms with Crippen molar-refractivity contribution in [3.05, 3.63) is 24.3 Å². The predicted molar refractivity (Wildman–Crippen MR) is 68.1 cm³/mol. The highest BCUT2D eigenvalue weighted by atomic mass is 32.2. The van der Waals surface area contributed by atoms with Crippen molar-refractivity contribution < 1.29 is 18.3 Å². The summed E-state index contributed by atoms with van der Waals surface area (Å²) in [5.41, 5.74) is 0.392. The average molecular weight is 275 g/mol. The van der Waals surface area contributed by atoms with Crippen molar-refractivity contribution in [2.24, 2.45) is 0 Å².